The van der Waals surface area contributed by atoms with Crippen molar-refractivity contribution in [2.45, 2.75) is 45.3 Å². The highest BCUT2D eigenvalue weighted by molar-refractivity contribution is 5.88. The van der Waals surface area contributed by atoms with Crippen molar-refractivity contribution in [2.24, 2.45) is 5.92 Å². The Morgan fingerprint density at radius 2 is 1.97 bits per heavy atom. The Balaban J connectivity index is 1.64. The molecule has 1 amide bonds. The molecule has 37 heavy (non-hydrogen) atoms. The van der Waals surface area contributed by atoms with Crippen LogP contribution in [0.4, 0.5) is 13.2 Å². The summed E-state index contributed by atoms with van der Waals surface area (Å²) in [4.78, 5) is 18.8. The lowest BCUT2D eigenvalue weighted by Gasteiger charge is -2.36. The van der Waals surface area contributed by atoms with E-state index in [4.69, 9.17) is 9.15 Å². The summed E-state index contributed by atoms with van der Waals surface area (Å²) in [6.07, 6.45) is -2.24. The zero-order chi connectivity index (χ0) is 26.3. The summed E-state index contributed by atoms with van der Waals surface area (Å²) in [7, 11) is 1.61. The summed E-state index contributed by atoms with van der Waals surface area (Å²) in [6.45, 7) is 4.43. The van der Waals surface area contributed by atoms with E-state index in [0.29, 0.717) is 18.7 Å². The summed E-state index contributed by atoms with van der Waals surface area (Å²) >= 11 is 0. The number of ether oxygens (including phenoxy) is 1. The first-order valence-electron chi connectivity index (χ1n) is 12.5. The van der Waals surface area contributed by atoms with Crippen LogP contribution in [-0.2, 0) is 17.4 Å². The monoisotopic (exact) mass is 510 g/mol. The van der Waals surface area contributed by atoms with E-state index >= 15 is 0 Å². The van der Waals surface area contributed by atoms with Gasteiger partial charge in [0.15, 0.2) is 0 Å². The molecule has 2 atom stereocenters. The van der Waals surface area contributed by atoms with Crippen LogP contribution in [0.5, 0.6) is 5.75 Å². The molecule has 5 nitrogen and oxygen atoms in total. The maximum Gasteiger partial charge on any atom is 0.417 e. The molecule has 2 aromatic carbocycles. The molecule has 194 valence electrons. The Hall–Kier alpha value is -3.68. The van der Waals surface area contributed by atoms with Crippen molar-refractivity contribution in [1.82, 2.24) is 9.88 Å². The number of alkyl halides is 3. The molecule has 0 saturated carbocycles. The average Bonchev–Trinajstić information content (AvgIpc) is 3.52. The van der Waals surface area contributed by atoms with Gasteiger partial charge in [-0.15, -0.1) is 0 Å². The summed E-state index contributed by atoms with van der Waals surface area (Å²) in [5, 5.41) is 1.00. The minimum absolute atomic E-state index is 0.00220. The third kappa shape index (κ3) is 4.49. The molecule has 8 heteroatoms. The molecule has 2 aromatic heterocycles. The van der Waals surface area contributed by atoms with Crippen LogP contribution in [-0.4, -0.2) is 29.4 Å². The number of furan rings is 1. The maximum absolute atomic E-state index is 13.7. The quantitative estimate of drug-likeness (QED) is 0.295. The summed E-state index contributed by atoms with van der Waals surface area (Å²) < 4.78 is 52.6. The van der Waals surface area contributed by atoms with Crippen molar-refractivity contribution in [3.8, 4) is 17.1 Å². The van der Waals surface area contributed by atoms with Gasteiger partial charge in [0, 0.05) is 28.9 Å². The summed E-state index contributed by atoms with van der Waals surface area (Å²) in [5.41, 5.74) is 1.98. The normalized spacial score (nSPS) is 16.6. The number of carbonyl (C=O) groups is 1. The van der Waals surface area contributed by atoms with Crippen LogP contribution in [0.1, 0.15) is 55.3 Å². The Labute approximate surface area is 213 Å². The number of hydrogen-bond donors (Lipinski definition) is 1. The largest absolute Gasteiger partial charge is 0.497 e. The summed E-state index contributed by atoms with van der Waals surface area (Å²) in [5.74, 6) is 1.08. The van der Waals surface area contributed by atoms with Gasteiger partial charge in [-0.3, -0.25) is 4.79 Å². The van der Waals surface area contributed by atoms with Gasteiger partial charge in [-0.1, -0.05) is 38.5 Å². The van der Waals surface area contributed by atoms with Crippen molar-refractivity contribution in [1.29, 1.82) is 0 Å². The second-order valence-corrected chi connectivity index (χ2v) is 9.55. The lowest BCUT2D eigenvalue weighted by Crippen LogP contribution is -2.43. The van der Waals surface area contributed by atoms with Gasteiger partial charge >= 0.3 is 6.18 Å². The smallest absolute Gasteiger partial charge is 0.417 e. The lowest BCUT2D eigenvalue weighted by molar-refractivity contribution is -0.138. The molecule has 0 saturated heterocycles. The molecule has 4 aromatic rings. The molecule has 0 unspecified atom stereocenters. The minimum Gasteiger partial charge on any atom is -0.497 e. The van der Waals surface area contributed by atoms with Gasteiger partial charge < -0.3 is 19.0 Å². The molecule has 0 spiro atoms. The average molecular weight is 511 g/mol. The lowest BCUT2D eigenvalue weighted by atomic mass is 9.93. The first-order valence-corrected chi connectivity index (χ1v) is 12.5. The molecule has 0 fully saturated rings. The number of fused-ring (bicyclic) bond motifs is 3. The van der Waals surface area contributed by atoms with E-state index in [1.165, 1.54) is 12.1 Å². The first kappa shape index (κ1) is 25.0. The molecule has 0 radical (unpaired) electrons. The number of aromatic amines is 1. The second kappa shape index (κ2) is 9.65. The standard InChI is InChI=1S/C29H29F3N2O3/c1-4-7-17(2)28(35)34-15-14-19-21-16-18(36-3)10-11-23(21)33-26(19)27(34)25-13-12-24(37-25)20-8-5-6-9-22(20)29(30,31)32/h5-6,8-13,16-17,27,33H,4,7,14-15H2,1-3H3/t17-,27-/m1/s1. The number of carbonyl (C=O) groups excluding carboxylic acids is 1. The van der Waals surface area contributed by atoms with Gasteiger partial charge in [-0.05, 0) is 54.8 Å². The molecule has 1 aliphatic rings. The Bertz CT molecular complexity index is 1440. The van der Waals surface area contributed by atoms with Crippen molar-refractivity contribution < 1.29 is 27.1 Å². The number of rotatable bonds is 6. The fourth-order valence-corrected chi connectivity index (χ4v) is 5.36. The topological polar surface area (TPSA) is 58.5 Å². The zero-order valence-corrected chi connectivity index (χ0v) is 21.0. The maximum atomic E-state index is 13.7. The first-order chi connectivity index (χ1) is 17.7. The van der Waals surface area contributed by atoms with Crippen molar-refractivity contribution >= 4 is 16.8 Å². The highest BCUT2D eigenvalue weighted by Gasteiger charge is 2.39. The fourth-order valence-electron chi connectivity index (χ4n) is 5.36. The highest BCUT2D eigenvalue weighted by atomic mass is 19.4. The molecule has 5 rings (SSSR count). The Morgan fingerprint density at radius 3 is 2.70 bits per heavy atom. The number of amides is 1. The number of nitrogens with one attached hydrogen (secondary N) is 1. The van der Waals surface area contributed by atoms with Crippen LogP contribution < -0.4 is 4.74 Å². The van der Waals surface area contributed by atoms with Gasteiger partial charge in [0.2, 0.25) is 5.91 Å². The van der Waals surface area contributed by atoms with Crippen molar-refractivity contribution in [3.05, 3.63) is 77.2 Å². The van der Waals surface area contributed by atoms with Crippen LogP contribution in [0, 0.1) is 5.92 Å². The number of halogens is 3. The number of aromatic nitrogens is 1. The van der Waals surface area contributed by atoms with Crippen LogP contribution in [0.25, 0.3) is 22.2 Å². The molecule has 1 N–H and O–H groups in total. The van der Waals surface area contributed by atoms with Gasteiger partial charge in [-0.2, -0.15) is 13.2 Å². The van der Waals surface area contributed by atoms with E-state index in [1.54, 1.807) is 30.2 Å². The number of nitrogens with zero attached hydrogens (tertiary/aromatic N) is 1. The van der Waals surface area contributed by atoms with Gasteiger partial charge in [0.1, 0.15) is 23.3 Å². The minimum atomic E-state index is -4.52. The van der Waals surface area contributed by atoms with Crippen LogP contribution in [0.3, 0.4) is 0 Å². The van der Waals surface area contributed by atoms with Gasteiger partial charge in [0.05, 0.1) is 18.4 Å². The molecule has 0 aliphatic carbocycles. The molecule has 0 bridgehead atoms. The van der Waals surface area contributed by atoms with Gasteiger partial charge in [-0.25, -0.2) is 0 Å². The SMILES string of the molecule is CCC[C@@H](C)C(=O)N1CCc2c([nH]c3ccc(OC)cc23)[C@H]1c1ccc(-c2ccccc2C(F)(F)F)o1. The van der Waals surface area contributed by atoms with Crippen LogP contribution >= 0.6 is 0 Å². The Kier molecular flexibility index (Phi) is 6.52. The van der Waals surface area contributed by atoms with Crippen LogP contribution in [0.15, 0.2) is 59.0 Å². The second-order valence-electron chi connectivity index (χ2n) is 9.55. The highest BCUT2D eigenvalue weighted by Crippen LogP contribution is 2.43. The number of hydrogen-bond acceptors (Lipinski definition) is 3. The van der Waals surface area contributed by atoms with E-state index in [1.807, 2.05) is 32.0 Å². The molecule has 1 aliphatic heterocycles. The zero-order valence-electron chi connectivity index (χ0n) is 21.0. The van der Waals surface area contributed by atoms with E-state index in [2.05, 4.69) is 4.98 Å². The van der Waals surface area contributed by atoms with Crippen molar-refractivity contribution in [2.75, 3.05) is 13.7 Å². The van der Waals surface area contributed by atoms with E-state index in [0.717, 1.165) is 46.8 Å². The number of benzene rings is 2. The molecular formula is C29H29F3N2O3. The predicted molar refractivity (Wildman–Crippen MR) is 135 cm³/mol. The number of methoxy groups -OCH3 is 1. The predicted octanol–water partition coefficient (Wildman–Crippen LogP) is 7.37. The van der Waals surface area contributed by atoms with E-state index in [-0.39, 0.29) is 23.1 Å². The third-order valence-corrected chi connectivity index (χ3v) is 7.15. The van der Waals surface area contributed by atoms with Crippen LogP contribution in [0.2, 0.25) is 0 Å². The summed E-state index contributed by atoms with van der Waals surface area (Å²) in [6, 6.07) is 13.8. The number of H-pyrrole nitrogens is 1. The van der Waals surface area contributed by atoms with E-state index < -0.39 is 17.8 Å². The molecule has 3 heterocycles. The van der Waals surface area contributed by atoms with Crippen molar-refractivity contribution in [3.63, 3.8) is 0 Å². The molecular weight excluding hydrogens is 481 g/mol. The Morgan fingerprint density at radius 1 is 1.19 bits per heavy atom. The third-order valence-electron chi connectivity index (χ3n) is 7.15. The van der Waals surface area contributed by atoms with Gasteiger partial charge in [0.25, 0.3) is 0 Å². The fraction of sp³-hybridized carbons (Fsp3) is 0.345. The van der Waals surface area contributed by atoms with E-state index in [9.17, 15) is 18.0 Å².